The van der Waals surface area contributed by atoms with Crippen molar-refractivity contribution in [2.24, 2.45) is 0 Å². The Balaban J connectivity index is 1.49. The van der Waals surface area contributed by atoms with E-state index in [1.54, 1.807) is 18.2 Å². The van der Waals surface area contributed by atoms with Crippen LogP contribution in [0.15, 0.2) is 46.9 Å². The molecular weight excluding hydrogens is 455 g/mol. The van der Waals surface area contributed by atoms with Crippen LogP contribution in [0.25, 0.3) is 0 Å². The lowest BCUT2D eigenvalue weighted by atomic mass is 10.1. The van der Waals surface area contributed by atoms with Gasteiger partial charge in [-0.3, -0.25) is 30.1 Å². The molecule has 1 aliphatic heterocycles. The summed E-state index contributed by atoms with van der Waals surface area (Å²) in [5, 5.41) is 0. The number of hydrogen-bond acceptors (Lipinski definition) is 4. The van der Waals surface area contributed by atoms with Gasteiger partial charge in [0, 0.05) is 17.4 Å². The van der Waals surface area contributed by atoms with E-state index < -0.39 is 29.5 Å². The number of carbonyl (C=O) groups is 3. The minimum Gasteiger partial charge on any atom is -0.299 e. The Bertz CT molecular complexity index is 979. The van der Waals surface area contributed by atoms with Crippen LogP contribution in [0.5, 0.6) is 0 Å². The minimum absolute atomic E-state index is 0.0247. The van der Waals surface area contributed by atoms with Gasteiger partial charge in [0.2, 0.25) is 5.91 Å². The smallest absolute Gasteiger partial charge is 0.299 e. The van der Waals surface area contributed by atoms with Crippen LogP contribution in [0, 0.1) is 0 Å². The number of halogens is 4. The van der Waals surface area contributed by atoms with Crippen molar-refractivity contribution in [2.45, 2.75) is 19.0 Å². The molecule has 6 nitrogen and oxygen atoms in total. The summed E-state index contributed by atoms with van der Waals surface area (Å²) < 4.78 is 38.7. The lowest BCUT2D eigenvalue weighted by Gasteiger charge is -2.14. The Morgan fingerprint density at radius 1 is 1.03 bits per heavy atom. The lowest BCUT2D eigenvalue weighted by molar-refractivity contribution is -0.137. The number of rotatable bonds is 6. The third-order valence-corrected chi connectivity index (χ3v) is 4.75. The highest BCUT2D eigenvalue weighted by Crippen LogP contribution is 2.30. The number of imide groups is 1. The molecule has 1 aliphatic rings. The average Bonchev–Trinajstić information content (AvgIpc) is 2.90. The molecule has 0 aromatic heterocycles. The zero-order chi connectivity index (χ0) is 21.2. The van der Waals surface area contributed by atoms with Crippen molar-refractivity contribution in [2.75, 3.05) is 12.0 Å². The molecule has 0 atom stereocenters. The molecule has 0 aliphatic carbocycles. The maximum atomic E-state index is 12.7. The molecule has 0 spiro atoms. The molecule has 0 saturated carbocycles. The summed E-state index contributed by atoms with van der Waals surface area (Å²) in [4.78, 5) is 37.6. The largest absolute Gasteiger partial charge is 0.416 e. The van der Waals surface area contributed by atoms with Crippen LogP contribution in [-0.4, -0.2) is 29.2 Å². The second kappa shape index (κ2) is 8.24. The number of amides is 3. The zero-order valence-corrected chi connectivity index (χ0v) is 16.4. The molecule has 2 N–H and O–H groups in total. The number of fused-ring (bicyclic) bond motifs is 1. The monoisotopic (exact) mass is 469 g/mol. The van der Waals surface area contributed by atoms with Crippen LogP contribution >= 0.6 is 15.9 Å². The second-order valence-electron chi connectivity index (χ2n) is 6.31. The molecule has 2 aromatic rings. The number of nitrogens with zero attached hydrogens (tertiary/aromatic N) is 1. The first kappa shape index (κ1) is 20.8. The normalized spacial score (nSPS) is 13.4. The van der Waals surface area contributed by atoms with Crippen molar-refractivity contribution in [1.29, 1.82) is 0 Å². The van der Waals surface area contributed by atoms with Crippen LogP contribution in [0.4, 0.5) is 18.9 Å². The Morgan fingerprint density at radius 2 is 1.76 bits per heavy atom. The Hall–Kier alpha value is -2.88. The SMILES string of the molecule is O=C(CCCN1C(=O)c2ccc(Br)cc2C1=O)NNc1cccc(C(F)(F)F)c1. The van der Waals surface area contributed by atoms with Gasteiger partial charge in [-0.15, -0.1) is 0 Å². The Kier molecular flexibility index (Phi) is 5.92. The molecule has 0 radical (unpaired) electrons. The quantitative estimate of drug-likeness (QED) is 0.495. The third kappa shape index (κ3) is 4.76. The van der Waals surface area contributed by atoms with Crippen molar-refractivity contribution < 1.29 is 27.6 Å². The number of carbonyl (C=O) groups excluding carboxylic acids is 3. The third-order valence-electron chi connectivity index (χ3n) is 4.25. The molecule has 0 unspecified atom stereocenters. The Labute approximate surface area is 172 Å². The minimum atomic E-state index is -4.48. The van der Waals surface area contributed by atoms with Gasteiger partial charge < -0.3 is 0 Å². The van der Waals surface area contributed by atoms with Gasteiger partial charge in [0.25, 0.3) is 11.8 Å². The van der Waals surface area contributed by atoms with Gasteiger partial charge in [-0.1, -0.05) is 22.0 Å². The van der Waals surface area contributed by atoms with Gasteiger partial charge in [-0.2, -0.15) is 13.2 Å². The van der Waals surface area contributed by atoms with Crippen LogP contribution in [0.3, 0.4) is 0 Å². The topological polar surface area (TPSA) is 78.5 Å². The molecule has 29 heavy (non-hydrogen) atoms. The Morgan fingerprint density at radius 3 is 2.48 bits per heavy atom. The van der Waals surface area contributed by atoms with E-state index in [1.807, 2.05) is 0 Å². The molecule has 3 amide bonds. The summed E-state index contributed by atoms with van der Waals surface area (Å²) >= 11 is 3.25. The highest BCUT2D eigenvalue weighted by Gasteiger charge is 2.35. The van der Waals surface area contributed by atoms with Crippen LogP contribution in [0.1, 0.15) is 39.1 Å². The van der Waals surface area contributed by atoms with E-state index in [4.69, 9.17) is 0 Å². The molecule has 0 bridgehead atoms. The van der Waals surface area contributed by atoms with Gasteiger partial charge in [0.05, 0.1) is 22.4 Å². The molecule has 3 rings (SSSR count). The summed E-state index contributed by atoms with van der Waals surface area (Å²) in [6.45, 7) is 0.0565. The summed E-state index contributed by atoms with van der Waals surface area (Å²) in [6.07, 6.45) is -4.30. The second-order valence-corrected chi connectivity index (χ2v) is 7.22. The number of hydrazine groups is 1. The van der Waals surface area contributed by atoms with Crippen molar-refractivity contribution in [1.82, 2.24) is 10.3 Å². The maximum absolute atomic E-state index is 12.7. The van der Waals surface area contributed by atoms with E-state index in [1.165, 1.54) is 12.1 Å². The highest BCUT2D eigenvalue weighted by molar-refractivity contribution is 9.10. The average molecular weight is 470 g/mol. The molecular formula is C19H15BrF3N3O3. The number of benzene rings is 2. The zero-order valence-electron chi connectivity index (χ0n) is 14.8. The standard InChI is InChI=1S/C19H15BrF3N3O3/c20-12-6-7-14-15(10-12)18(29)26(17(14)28)8-2-5-16(27)25-24-13-4-1-3-11(9-13)19(21,22)23/h1,3-4,6-7,9-10,24H,2,5,8H2,(H,25,27). The van der Waals surface area contributed by atoms with E-state index in [0.717, 1.165) is 17.0 Å². The van der Waals surface area contributed by atoms with E-state index >= 15 is 0 Å². The van der Waals surface area contributed by atoms with E-state index in [9.17, 15) is 27.6 Å². The van der Waals surface area contributed by atoms with Crippen molar-refractivity contribution >= 4 is 39.3 Å². The molecule has 0 fully saturated rings. The van der Waals surface area contributed by atoms with E-state index in [0.29, 0.717) is 15.6 Å². The predicted molar refractivity (Wildman–Crippen MR) is 102 cm³/mol. The lowest BCUT2D eigenvalue weighted by Crippen LogP contribution is -2.33. The van der Waals surface area contributed by atoms with Gasteiger partial charge in [0.15, 0.2) is 0 Å². The maximum Gasteiger partial charge on any atom is 0.416 e. The number of alkyl halides is 3. The molecule has 0 saturated heterocycles. The first-order valence-corrected chi connectivity index (χ1v) is 9.34. The first-order chi connectivity index (χ1) is 13.7. The van der Waals surface area contributed by atoms with Crippen LogP contribution in [-0.2, 0) is 11.0 Å². The van der Waals surface area contributed by atoms with Crippen LogP contribution < -0.4 is 10.9 Å². The highest BCUT2D eigenvalue weighted by atomic mass is 79.9. The van der Waals surface area contributed by atoms with Crippen molar-refractivity contribution in [3.8, 4) is 0 Å². The van der Waals surface area contributed by atoms with Gasteiger partial charge in [-0.25, -0.2) is 0 Å². The van der Waals surface area contributed by atoms with Gasteiger partial charge in [0.1, 0.15) is 0 Å². The van der Waals surface area contributed by atoms with E-state index in [-0.39, 0.29) is 25.1 Å². The summed E-state index contributed by atoms with van der Waals surface area (Å²) in [5.74, 6) is -1.32. The molecule has 2 aromatic carbocycles. The van der Waals surface area contributed by atoms with Gasteiger partial charge in [-0.05, 0) is 42.8 Å². The van der Waals surface area contributed by atoms with Crippen LogP contribution in [0.2, 0.25) is 0 Å². The van der Waals surface area contributed by atoms with Crippen molar-refractivity contribution in [3.63, 3.8) is 0 Å². The first-order valence-electron chi connectivity index (χ1n) is 8.54. The fourth-order valence-corrected chi connectivity index (χ4v) is 3.20. The fourth-order valence-electron chi connectivity index (χ4n) is 2.84. The predicted octanol–water partition coefficient (Wildman–Crippen LogP) is 3.99. The number of hydrogen-bond donors (Lipinski definition) is 2. The summed E-state index contributed by atoms with van der Waals surface area (Å²) in [5.41, 5.74) is 4.58. The van der Waals surface area contributed by atoms with Crippen molar-refractivity contribution in [3.05, 3.63) is 63.6 Å². The number of nitrogens with one attached hydrogen (secondary N) is 2. The molecule has 1 heterocycles. The van der Waals surface area contributed by atoms with Gasteiger partial charge >= 0.3 is 6.18 Å². The summed E-state index contributed by atoms with van der Waals surface area (Å²) in [7, 11) is 0. The molecule has 152 valence electrons. The molecule has 10 heteroatoms. The van der Waals surface area contributed by atoms with E-state index in [2.05, 4.69) is 26.8 Å². The summed E-state index contributed by atoms with van der Waals surface area (Å²) in [6, 6.07) is 9.20. The fraction of sp³-hybridized carbons (Fsp3) is 0.211. The number of anilines is 1.